The number of alkyl carbamates (subject to hydrolysis) is 1. The van der Waals surface area contributed by atoms with Gasteiger partial charge in [0, 0.05) is 18.5 Å². The fourth-order valence-corrected chi connectivity index (χ4v) is 5.68. The zero-order valence-electron chi connectivity index (χ0n) is 18.8. The summed E-state index contributed by atoms with van der Waals surface area (Å²) < 4.78 is 5.58. The van der Waals surface area contributed by atoms with Gasteiger partial charge in [-0.1, -0.05) is 55.5 Å². The lowest BCUT2D eigenvalue weighted by Gasteiger charge is -2.39. The Balaban J connectivity index is 1.20. The molecule has 2 unspecified atom stereocenters. The van der Waals surface area contributed by atoms with E-state index in [0.717, 1.165) is 22.3 Å². The van der Waals surface area contributed by atoms with Gasteiger partial charge in [0.2, 0.25) is 5.91 Å². The van der Waals surface area contributed by atoms with E-state index < -0.39 is 29.6 Å². The van der Waals surface area contributed by atoms with Crippen LogP contribution in [-0.4, -0.2) is 52.7 Å². The SMILES string of the molecule is CC(NC(=O)OCC1c2ccccc2-c2ccccc21)C(C)C(=O)N1CC2CC1(C(=O)O)C2. The first kappa shape index (κ1) is 21.5. The van der Waals surface area contributed by atoms with Crippen molar-refractivity contribution in [3.63, 3.8) is 0 Å². The predicted octanol–water partition coefficient (Wildman–Crippen LogP) is 3.63. The summed E-state index contributed by atoms with van der Waals surface area (Å²) in [6, 6.07) is 15.8. The Kier molecular flexibility index (Phi) is 5.15. The van der Waals surface area contributed by atoms with Crippen molar-refractivity contribution in [2.45, 2.75) is 44.2 Å². The Hall–Kier alpha value is -3.35. The average molecular weight is 449 g/mol. The molecule has 2 saturated heterocycles. The molecule has 172 valence electrons. The third-order valence-corrected chi connectivity index (χ3v) is 7.70. The van der Waals surface area contributed by atoms with Gasteiger partial charge in [0.05, 0.1) is 5.92 Å². The Morgan fingerprint density at radius 1 is 1.06 bits per heavy atom. The molecular weight excluding hydrogens is 420 g/mol. The van der Waals surface area contributed by atoms with Gasteiger partial charge in [-0.3, -0.25) is 4.79 Å². The van der Waals surface area contributed by atoms with Crippen LogP contribution in [0.15, 0.2) is 48.5 Å². The molecular formula is C26H28N2O5. The maximum absolute atomic E-state index is 13.0. The fraction of sp³-hybridized carbons (Fsp3) is 0.423. The highest BCUT2D eigenvalue weighted by atomic mass is 16.5. The van der Waals surface area contributed by atoms with Crippen LogP contribution < -0.4 is 5.32 Å². The van der Waals surface area contributed by atoms with Gasteiger partial charge < -0.3 is 20.1 Å². The van der Waals surface area contributed by atoms with Crippen LogP contribution in [0, 0.1) is 11.8 Å². The number of fused-ring (bicyclic) bond motifs is 4. The van der Waals surface area contributed by atoms with Gasteiger partial charge >= 0.3 is 12.1 Å². The largest absolute Gasteiger partial charge is 0.479 e. The van der Waals surface area contributed by atoms with Crippen LogP contribution >= 0.6 is 0 Å². The summed E-state index contributed by atoms with van der Waals surface area (Å²) in [5.74, 6) is -1.49. The lowest BCUT2D eigenvalue weighted by atomic mass is 9.73. The van der Waals surface area contributed by atoms with Gasteiger partial charge in [0.15, 0.2) is 0 Å². The molecule has 4 aliphatic rings. The summed E-state index contributed by atoms with van der Waals surface area (Å²) in [5.41, 5.74) is 3.53. The number of carboxylic acid groups (broad SMARTS) is 1. The summed E-state index contributed by atoms with van der Waals surface area (Å²) in [4.78, 5) is 38.9. The van der Waals surface area contributed by atoms with Crippen LogP contribution in [0.3, 0.4) is 0 Å². The molecule has 2 N–H and O–H groups in total. The number of hydrogen-bond acceptors (Lipinski definition) is 4. The molecule has 0 radical (unpaired) electrons. The predicted molar refractivity (Wildman–Crippen MR) is 122 cm³/mol. The quantitative estimate of drug-likeness (QED) is 0.704. The van der Waals surface area contributed by atoms with Crippen LogP contribution in [-0.2, 0) is 14.3 Å². The number of hydrogen-bond donors (Lipinski definition) is 2. The van der Waals surface area contributed by atoms with E-state index >= 15 is 0 Å². The average Bonchev–Trinajstić information content (AvgIpc) is 3.45. The maximum Gasteiger partial charge on any atom is 0.407 e. The molecule has 1 saturated carbocycles. The molecule has 0 spiro atoms. The molecule has 2 amide bonds. The molecule has 2 heterocycles. The van der Waals surface area contributed by atoms with Crippen LogP contribution in [0.4, 0.5) is 4.79 Å². The van der Waals surface area contributed by atoms with E-state index in [1.807, 2.05) is 24.3 Å². The minimum absolute atomic E-state index is 0.0377. The minimum Gasteiger partial charge on any atom is -0.479 e. The second kappa shape index (κ2) is 7.90. The molecule has 0 aromatic heterocycles. The molecule has 2 aliphatic heterocycles. The molecule has 2 bridgehead atoms. The lowest BCUT2D eigenvalue weighted by molar-refractivity contribution is -0.160. The van der Waals surface area contributed by atoms with E-state index in [0.29, 0.717) is 19.4 Å². The van der Waals surface area contributed by atoms with Gasteiger partial charge in [0.25, 0.3) is 0 Å². The smallest absolute Gasteiger partial charge is 0.407 e. The van der Waals surface area contributed by atoms with Crippen molar-refractivity contribution in [3.8, 4) is 11.1 Å². The Labute approximate surface area is 192 Å². The fourth-order valence-electron chi connectivity index (χ4n) is 5.68. The summed E-state index contributed by atoms with van der Waals surface area (Å²) in [5, 5.41) is 12.4. The van der Waals surface area contributed by atoms with Crippen molar-refractivity contribution in [2.75, 3.05) is 13.2 Å². The lowest BCUT2D eigenvalue weighted by Crippen LogP contribution is -2.57. The molecule has 33 heavy (non-hydrogen) atoms. The number of carbonyl (C=O) groups is 3. The molecule has 7 heteroatoms. The Morgan fingerprint density at radius 3 is 2.21 bits per heavy atom. The van der Waals surface area contributed by atoms with E-state index in [1.165, 1.54) is 4.90 Å². The first-order valence-electron chi connectivity index (χ1n) is 11.5. The van der Waals surface area contributed by atoms with E-state index in [9.17, 15) is 19.5 Å². The standard InChI is InChI=1S/C26H28N2O5/c1-15(23(29)28-13-17-11-26(28,12-17)24(30)31)16(2)27-25(32)33-14-22-20-9-5-3-7-18(20)19-8-4-6-10-21(19)22/h3-10,15-17,22H,11-14H2,1-2H3,(H,27,32)(H,30,31). The summed E-state index contributed by atoms with van der Waals surface area (Å²) in [7, 11) is 0. The number of nitrogens with zero attached hydrogens (tertiary/aromatic N) is 1. The van der Waals surface area contributed by atoms with E-state index in [4.69, 9.17) is 4.74 Å². The van der Waals surface area contributed by atoms with Gasteiger partial charge in [-0.25, -0.2) is 9.59 Å². The first-order valence-corrected chi connectivity index (χ1v) is 11.5. The highest BCUT2D eigenvalue weighted by molar-refractivity contribution is 5.91. The van der Waals surface area contributed by atoms with E-state index in [1.54, 1.807) is 13.8 Å². The third kappa shape index (κ3) is 3.37. The minimum atomic E-state index is -1.06. The number of ether oxygens (including phenoxy) is 1. The zero-order valence-corrected chi connectivity index (χ0v) is 18.8. The second-order valence-electron chi connectivity index (χ2n) is 9.61. The highest BCUT2D eigenvalue weighted by Crippen LogP contribution is 2.51. The molecule has 2 aromatic carbocycles. The molecule has 2 aliphatic carbocycles. The molecule has 7 nitrogen and oxygen atoms in total. The van der Waals surface area contributed by atoms with Crippen LogP contribution in [0.25, 0.3) is 11.1 Å². The summed E-state index contributed by atoms with van der Waals surface area (Å²) >= 11 is 0. The van der Waals surface area contributed by atoms with E-state index in [-0.39, 0.29) is 24.3 Å². The number of carboxylic acids is 1. The Bertz CT molecular complexity index is 1080. The molecule has 3 fully saturated rings. The number of carbonyl (C=O) groups excluding carboxylic acids is 2. The molecule has 2 atom stereocenters. The molecule has 2 aromatic rings. The van der Waals surface area contributed by atoms with Gasteiger partial charge in [-0.15, -0.1) is 0 Å². The number of nitrogens with one attached hydrogen (secondary N) is 1. The van der Waals surface area contributed by atoms with Crippen molar-refractivity contribution in [3.05, 3.63) is 59.7 Å². The highest BCUT2D eigenvalue weighted by Gasteiger charge is 2.63. The normalized spacial score (nSPS) is 24.3. The number of rotatable bonds is 6. The van der Waals surface area contributed by atoms with Crippen molar-refractivity contribution in [1.82, 2.24) is 10.2 Å². The maximum atomic E-state index is 13.0. The topological polar surface area (TPSA) is 95.9 Å². The summed E-state index contributed by atoms with van der Waals surface area (Å²) in [6.45, 7) is 4.15. The number of aliphatic carboxylic acids is 1. The summed E-state index contributed by atoms with van der Waals surface area (Å²) in [6.07, 6.45) is 0.465. The van der Waals surface area contributed by atoms with Crippen molar-refractivity contribution in [2.24, 2.45) is 11.8 Å². The number of benzene rings is 2. The first-order chi connectivity index (χ1) is 15.8. The van der Waals surface area contributed by atoms with Crippen molar-refractivity contribution in [1.29, 1.82) is 0 Å². The van der Waals surface area contributed by atoms with Crippen LogP contribution in [0.2, 0.25) is 0 Å². The van der Waals surface area contributed by atoms with Crippen molar-refractivity contribution < 1.29 is 24.2 Å². The van der Waals surface area contributed by atoms with Gasteiger partial charge in [-0.05, 0) is 47.9 Å². The molecule has 6 rings (SSSR count). The van der Waals surface area contributed by atoms with E-state index in [2.05, 4.69) is 29.6 Å². The van der Waals surface area contributed by atoms with Gasteiger partial charge in [-0.2, -0.15) is 0 Å². The second-order valence-corrected chi connectivity index (χ2v) is 9.61. The zero-order chi connectivity index (χ0) is 23.3. The van der Waals surface area contributed by atoms with Crippen LogP contribution in [0.1, 0.15) is 43.7 Å². The third-order valence-electron chi connectivity index (χ3n) is 7.70. The van der Waals surface area contributed by atoms with Gasteiger partial charge in [0.1, 0.15) is 12.1 Å². The van der Waals surface area contributed by atoms with Crippen LogP contribution in [0.5, 0.6) is 0 Å². The van der Waals surface area contributed by atoms with Crippen molar-refractivity contribution >= 4 is 18.0 Å². The monoisotopic (exact) mass is 448 g/mol. The Morgan fingerprint density at radius 2 is 1.64 bits per heavy atom. The number of amides is 2.